The minimum absolute atomic E-state index is 0.0864. The van der Waals surface area contributed by atoms with Gasteiger partial charge in [-0.3, -0.25) is 0 Å². The molecule has 0 fully saturated rings. The molecule has 0 atom stereocenters. The van der Waals surface area contributed by atoms with Crippen LogP contribution in [0.4, 0.5) is 8.78 Å². The average molecular weight is 571 g/mol. The Morgan fingerprint density at radius 3 is 1.50 bits per heavy atom. The lowest BCUT2D eigenvalue weighted by atomic mass is 10.3. The first-order valence-electron chi connectivity index (χ1n) is 2.63. The highest BCUT2D eigenvalue weighted by molar-refractivity contribution is 14.1. The van der Waals surface area contributed by atoms with Crippen LogP contribution in [0.15, 0.2) is 4.47 Å². The summed E-state index contributed by atoms with van der Waals surface area (Å²) >= 11 is 8.48. The van der Waals surface area contributed by atoms with Crippen molar-refractivity contribution in [3.05, 3.63) is 26.8 Å². The fraction of sp³-hybridized carbons (Fsp3) is 0. The van der Waals surface area contributed by atoms with Gasteiger partial charge in [-0.1, -0.05) is 0 Å². The number of rotatable bonds is 0. The van der Waals surface area contributed by atoms with Gasteiger partial charge >= 0.3 is 0 Å². The fourth-order valence-electron chi connectivity index (χ4n) is 0.578. The summed E-state index contributed by atoms with van der Waals surface area (Å²) in [5.41, 5.74) is 0. The van der Waals surface area contributed by atoms with Crippen LogP contribution in [-0.2, 0) is 0 Å². The molecule has 1 rings (SSSR count). The summed E-state index contributed by atoms with van der Waals surface area (Å²) in [4.78, 5) is 0. The molecular weight excluding hydrogens is 571 g/mol. The van der Waals surface area contributed by atoms with Gasteiger partial charge in [0.25, 0.3) is 0 Å². The van der Waals surface area contributed by atoms with E-state index >= 15 is 0 Å². The second kappa shape index (κ2) is 4.51. The molecule has 0 amide bonds. The van der Waals surface area contributed by atoms with Gasteiger partial charge in [-0.25, -0.2) is 8.78 Å². The van der Waals surface area contributed by atoms with Gasteiger partial charge in [-0.05, 0) is 83.7 Å². The largest absolute Gasteiger partial charge is 0.204 e. The van der Waals surface area contributed by atoms with Crippen molar-refractivity contribution in [1.29, 1.82) is 0 Å². The standard InChI is InChI=1S/C6BrF2I3/c7-1-2(8)4(10)6(12)5(11)3(1)9. The molecule has 0 unspecified atom stereocenters. The molecule has 0 aliphatic rings. The monoisotopic (exact) mass is 570 g/mol. The summed E-state index contributed by atoms with van der Waals surface area (Å²) < 4.78 is 27.7. The third kappa shape index (κ3) is 2.05. The van der Waals surface area contributed by atoms with Crippen LogP contribution in [0, 0.1) is 22.3 Å². The Bertz CT molecular complexity index is 235. The molecule has 0 saturated heterocycles. The van der Waals surface area contributed by atoms with Crippen molar-refractivity contribution >= 4 is 83.7 Å². The summed E-state index contributed by atoms with van der Waals surface area (Å²) in [5, 5.41) is 0. The first-order chi connectivity index (χ1) is 5.46. The zero-order chi connectivity index (χ0) is 9.46. The Labute approximate surface area is 117 Å². The third-order valence-corrected chi connectivity index (χ3v) is 7.02. The molecule has 0 aromatic heterocycles. The van der Waals surface area contributed by atoms with Crippen molar-refractivity contribution in [2.75, 3.05) is 0 Å². The van der Waals surface area contributed by atoms with E-state index in [0.717, 1.165) is 0 Å². The molecule has 0 N–H and O–H groups in total. The summed E-state index contributed by atoms with van der Waals surface area (Å²) in [6.45, 7) is 0. The summed E-state index contributed by atoms with van der Waals surface area (Å²) in [6.07, 6.45) is 0. The lowest BCUT2D eigenvalue weighted by Gasteiger charge is -2.05. The molecule has 0 nitrogen and oxygen atoms in total. The topological polar surface area (TPSA) is 0 Å². The molecule has 1 aromatic carbocycles. The fourth-order valence-corrected chi connectivity index (χ4v) is 3.78. The molecular formula is C6BrF2I3. The Hall–Kier alpha value is 1.75. The summed E-state index contributed by atoms with van der Waals surface area (Å²) in [6, 6.07) is 0. The number of halogens is 6. The summed E-state index contributed by atoms with van der Waals surface area (Å²) in [7, 11) is 0. The predicted molar refractivity (Wildman–Crippen MR) is 72.2 cm³/mol. The first kappa shape index (κ1) is 11.8. The van der Waals surface area contributed by atoms with E-state index in [1.807, 2.05) is 67.8 Å². The van der Waals surface area contributed by atoms with Gasteiger partial charge in [0.1, 0.15) is 0 Å². The van der Waals surface area contributed by atoms with Crippen molar-refractivity contribution in [2.24, 2.45) is 0 Å². The SMILES string of the molecule is Fc1c(Br)c(F)c(I)c(I)c1I. The second-order valence-corrected chi connectivity index (χ2v) is 5.91. The van der Waals surface area contributed by atoms with E-state index in [1.165, 1.54) is 0 Å². The lowest BCUT2D eigenvalue weighted by molar-refractivity contribution is 0.560. The molecule has 0 bridgehead atoms. The second-order valence-electron chi connectivity index (χ2n) is 1.88. The summed E-state index contributed by atoms with van der Waals surface area (Å²) in [5.74, 6) is -1.06. The van der Waals surface area contributed by atoms with E-state index < -0.39 is 11.6 Å². The van der Waals surface area contributed by atoms with E-state index in [4.69, 9.17) is 0 Å². The molecule has 0 saturated carbocycles. The van der Waals surface area contributed by atoms with Crippen molar-refractivity contribution in [2.45, 2.75) is 0 Å². The maximum Gasteiger partial charge on any atom is 0.154 e. The predicted octanol–water partition coefficient (Wildman–Crippen LogP) is 4.54. The van der Waals surface area contributed by atoms with Crippen LogP contribution in [0.1, 0.15) is 0 Å². The quantitative estimate of drug-likeness (QED) is 0.244. The van der Waals surface area contributed by atoms with E-state index in [9.17, 15) is 8.78 Å². The molecule has 12 heavy (non-hydrogen) atoms. The van der Waals surface area contributed by atoms with Crippen molar-refractivity contribution < 1.29 is 8.78 Å². The van der Waals surface area contributed by atoms with Gasteiger partial charge < -0.3 is 0 Å². The average Bonchev–Trinajstić information content (AvgIpc) is 2.08. The molecule has 0 radical (unpaired) electrons. The van der Waals surface area contributed by atoms with Gasteiger partial charge in [0.05, 0.1) is 11.6 Å². The van der Waals surface area contributed by atoms with Crippen LogP contribution in [0.3, 0.4) is 0 Å². The van der Waals surface area contributed by atoms with Crippen LogP contribution in [0.5, 0.6) is 0 Å². The van der Waals surface area contributed by atoms with E-state index in [1.54, 1.807) is 0 Å². The smallest absolute Gasteiger partial charge is 0.154 e. The van der Waals surface area contributed by atoms with Crippen LogP contribution < -0.4 is 0 Å². The highest BCUT2D eigenvalue weighted by atomic mass is 127. The molecule has 1 aromatic rings. The molecule has 0 spiro atoms. The van der Waals surface area contributed by atoms with Crippen LogP contribution in [0.2, 0.25) is 0 Å². The van der Waals surface area contributed by atoms with Crippen molar-refractivity contribution in [1.82, 2.24) is 0 Å². The number of benzene rings is 1. The van der Waals surface area contributed by atoms with Gasteiger partial charge in [-0.15, -0.1) is 0 Å². The Balaban J connectivity index is 3.60. The Kier molecular flexibility index (Phi) is 4.45. The maximum absolute atomic E-state index is 13.1. The van der Waals surface area contributed by atoms with Crippen LogP contribution in [-0.4, -0.2) is 0 Å². The highest BCUT2D eigenvalue weighted by Gasteiger charge is 2.18. The Morgan fingerprint density at radius 1 is 0.833 bits per heavy atom. The number of hydrogen-bond donors (Lipinski definition) is 0. The van der Waals surface area contributed by atoms with Crippen molar-refractivity contribution in [3.8, 4) is 0 Å². The molecule has 6 heteroatoms. The molecule has 0 aliphatic heterocycles. The maximum atomic E-state index is 13.1. The third-order valence-electron chi connectivity index (χ3n) is 1.16. The van der Waals surface area contributed by atoms with Gasteiger partial charge in [0.2, 0.25) is 0 Å². The minimum Gasteiger partial charge on any atom is -0.204 e. The normalized spacial score (nSPS) is 10.5. The minimum atomic E-state index is -0.530. The van der Waals surface area contributed by atoms with Crippen LogP contribution in [0.25, 0.3) is 0 Å². The zero-order valence-corrected chi connectivity index (χ0v) is 13.3. The van der Waals surface area contributed by atoms with E-state index in [2.05, 4.69) is 15.9 Å². The van der Waals surface area contributed by atoms with Gasteiger partial charge in [0, 0.05) is 3.57 Å². The van der Waals surface area contributed by atoms with Crippen LogP contribution >= 0.6 is 83.7 Å². The lowest BCUT2D eigenvalue weighted by Crippen LogP contribution is -1.97. The highest BCUT2D eigenvalue weighted by Crippen LogP contribution is 2.32. The molecule has 0 aliphatic carbocycles. The van der Waals surface area contributed by atoms with Gasteiger partial charge in [-0.2, -0.15) is 0 Å². The van der Waals surface area contributed by atoms with E-state index in [0.29, 0.717) is 10.7 Å². The number of hydrogen-bond acceptors (Lipinski definition) is 0. The molecule has 66 valence electrons. The Morgan fingerprint density at radius 2 is 1.17 bits per heavy atom. The first-order valence-corrected chi connectivity index (χ1v) is 6.66. The van der Waals surface area contributed by atoms with Crippen molar-refractivity contribution in [3.63, 3.8) is 0 Å². The van der Waals surface area contributed by atoms with Gasteiger partial charge in [0.15, 0.2) is 11.6 Å². The molecule has 0 heterocycles. The van der Waals surface area contributed by atoms with E-state index in [-0.39, 0.29) is 4.47 Å². The zero-order valence-electron chi connectivity index (χ0n) is 5.27.